The van der Waals surface area contributed by atoms with E-state index in [1.165, 1.54) is 0 Å². The smallest absolute Gasteiger partial charge is 0.152 e. The van der Waals surface area contributed by atoms with Gasteiger partial charge in [0.15, 0.2) is 4.11 Å². The summed E-state index contributed by atoms with van der Waals surface area (Å²) in [4.78, 5) is 0. The molecule has 0 aromatic rings. The first-order valence-corrected chi connectivity index (χ1v) is 3.51. The molecule has 1 atom stereocenters. The van der Waals surface area contributed by atoms with Crippen LogP contribution in [0.3, 0.4) is 0 Å². The van der Waals surface area contributed by atoms with Gasteiger partial charge in [0.1, 0.15) is 0 Å². The van der Waals surface area contributed by atoms with Gasteiger partial charge >= 0.3 is 0 Å². The first kappa shape index (κ1) is 5.41. The highest BCUT2D eigenvalue weighted by molar-refractivity contribution is 14.1. The summed E-state index contributed by atoms with van der Waals surface area (Å²) in [6.45, 7) is 1.98. The van der Waals surface area contributed by atoms with Gasteiger partial charge in [-0.2, -0.15) is 0 Å². The van der Waals surface area contributed by atoms with Crippen molar-refractivity contribution in [3.05, 3.63) is 11.8 Å². The zero-order valence-electron chi connectivity index (χ0n) is 4.15. The van der Waals surface area contributed by atoms with Gasteiger partial charge in [-0.15, -0.1) is 0 Å². The molecule has 0 aromatic heterocycles. The van der Waals surface area contributed by atoms with Gasteiger partial charge in [-0.3, -0.25) is 0 Å². The molecule has 0 N–H and O–H groups in total. The van der Waals surface area contributed by atoms with Crippen LogP contribution in [-0.4, -0.2) is 4.11 Å². The Hall–Kier alpha value is 0.270. The molecule has 0 fully saturated rings. The van der Waals surface area contributed by atoms with Crippen molar-refractivity contribution in [1.29, 1.82) is 0 Å². The molecule has 1 nitrogen and oxygen atoms in total. The second kappa shape index (κ2) is 2.03. The molecule has 1 aliphatic heterocycles. The summed E-state index contributed by atoms with van der Waals surface area (Å²) >= 11 is 2.27. The maximum atomic E-state index is 5.21. The van der Waals surface area contributed by atoms with Crippen LogP contribution in [0.5, 0.6) is 0 Å². The Kier molecular flexibility index (Phi) is 1.57. The van der Waals surface area contributed by atoms with Crippen molar-refractivity contribution < 1.29 is 4.74 Å². The molecule has 0 spiro atoms. The Morgan fingerprint density at radius 3 is 2.86 bits per heavy atom. The number of hydrogen-bond acceptors (Lipinski definition) is 1. The lowest BCUT2D eigenvalue weighted by Crippen LogP contribution is -1.90. The molecule has 0 aromatic carbocycles. The quantitative estimate of drug-likeness (QED) is 0.439. The molecule has 1 aliphatic rings. The van der Waals surface area contributed by atoms with Crippen LogP contribution in [0.4, 0.5) is 0 Å². The fourth-order valence-corrected chi connectivity index (χ4v) is 1.21. The number of alkyl halides is 1. The number of allylic oxidation sites excluding steroid dienone is 1. The van der Waals surface area contributed by atoms with E-state index >= 15 is 0 Å². The van der Waals surface area contributed by atoms with Gasteiger partial charge in [0, 0.05) is 6.42 Å². The van der Waals surface area contributed by atoms with E-state index in [0.717, 1.165) is 12.2 Å². The Morgan fingerprint density at radius 1 is 2.00 bits per heavy atom. The lowest BCUT2D eigenvalue weighted by atomic mass is 10.4. The van der Waals surface area contributed by atoms with E-state index in [1.54, 1.807) is 0 Å². The fraction of sp³-hybridized carbons (Fsp3) is 0.600. The zero-order valence-corrected chi connectivity index (χ0v) is 6.31. The van der Waals surface area contributed by atoms with Crippen LogP contribution >= 0.6 is 22.6 Å². The van der Waals surface area contributed by atoms with E-state index in [-0.39, 0.29) is 0 Å². The zero-order chi connectivity index (χ0) is 5.28. The van der Waals surface area contributed by atoms with Gasteiger partial charge in [-0.1, -0.05) is 0 Å². The molecule has 1 rings (SSSR count). The molecule has 0 saturated carbocycles. The monoisotopic (exact) mass is 210 g/mol. The lowest BCUT2D eigenvalue weighted by Gasteiger charge is -1.99. The van der Waals surface area contributed by atoms with E-state index in [9.17, 15) is 0 Å². The molecule has 40 valence electrons. The van der Waals surface area contributed by atoms with Crippen molar-refractivity contribution in [3.63, 3.8) is 0 Å². The van der Waals surface area contributed by atoms with Crippen LogP contribution in [0, 0.1) is 0 Å². The molecule has 0 bridgehead atoms. The predicted molar refractivity (Wildman–Crippen MR) is 37.3 cm³/mol. The van der Waals surface area contributed by atoms with Gasteiger partial charge in [0.05, 0.1) is 5.76 Å². The van der Waals surface area contributed by atoms with Gasteiger partial charge in [0.2, 0.25) is 0 Å². The molecular formula is C5H7IO. The second-order valence-electron chi connectivity index (χ2n) is 1.58. The fourth-order valence-electron chi connectivity index (χ4n) is 0.557. The lowest BCUT2D eigenvalue weighted by molar-refractivity contribution is 0.231. The maximum absolute atomic E-state index is 5.21. The summed E-state index contributed by atoms with van der Waals surface area (Å²) < 4.78 is 5.61. The number of ether oxygens (including phenoxy) is 1. The largest absolute Gasteiger partial charge is 0.485 e. The third-order valence-corrected chi connectivity index (χ3v) is 1.67. The molecule has 0 saturated heterocycles. The average molecular weight is 210 g/mol. The number of hydrogen-bond donors (Lipinski definition) is 0. The Morgan fingerprint density at radius 2 is 2.71 bits per heavy atom. The van der Waals surface area contributed by atoms with Crippen molar-refractivity contribution in [2.75, 3.05) is 0 Å². The van der Waals surface area contributed by atoms with Gasteiger partial charge in [-0.25, -0.2) is 0 Å². The molecule has 0 aliphatic carbocycles. The molecule has 1 heterocycles. The summed E-state index contributed by atoms with van der Waals surface area (Å²) in [5.41, 5.74) is 0. The van der Waals surface area contributed by atoms with E-state index in [1.807, 2.05) is 6.92 Å². The van der Waals surface area contributed by atoms with Crippen LogP contribution in [0.1, 0.15) is 13.3 Å². The van der Waals surface area contributed by atoms with E-state index in [0.29, 0.717) is 4.11 Å². The molecule has 0 radical (unpaired) electrons. The average Bonchev–Trinajstić information content (AvgIpc) is 1.87. The summed E-state index contributed by atoms with van der Waals surface area (Å²) in [5.74, 6) is 1.07. The maximum Gasteiger partial charge on any atom is 0.152 e. The van der Waals surface area contributed by atoms with Gasteiger partial charge in [-0.05, 0) is 35.6 Å². The van der Waals surface area contributed by atoms with Gasteiger partial charge < -0.3 is 4.74 Å². The summed E-state index contributed by atoms with van der Waals surface area (Å²) in [6.07, 6.45) is 3.18. The van der Waals surface area contributed by atoms with Crippen molar-refractivity contribution in [2.45, 2.75) is 17.5 Å². The topological polar surface area (TPSA) is 9.23 Å². The van der Waals surface area contributed by atoms with Gasteiger partial charge in [0.25, 0.3) is 0 Å². The first-order valence-electron chi connectivity index (χ1n) is 2.26. The summed E-state index contributed by atoms with van der Waals surface area (Å²) in [6, 6.07) is 0. The Bertz CT molecular complexity index is 98.3. The van der Waals surface area contributed by atoms with Crippen molar-refractivity contribution >= 4 is 22.6 Å². The van der Waals surface area contributed by atoms with Crippen molar-refractivity contribution in [1.82, 2.24) is 0 Å². The minimum Gasteiger partial charge on any atom is -0.485 e. The molecule has 0 unspecified atom stereocenters. The van der Waals surface area contributed by atoms with Crippen molar-refractivity contribution in [3.8, 4) is 0 Å². The minimum atomic E-state index is 0.401. The van der Waals surface area contributed by atoms with Crippen LogP contribution in [0.25, 0.3) is 0 Å². The van der Waals surface area contributed by atoms with Crippen LogP contribution < -0.4 is 0 Å². The number of rotatable bonds is 0. The van der Waals surface area contributed by atoms with Crippen molar-refractivity contribution in [2.24, 2.45) is 0 Å². The molecule has 7 heavy (non-hydrogen) atoms. The summed E-state index contributed by atoms with van der Waals surface area (Å²) in [7, 11) is 0. The van der Waals surface area contributed by atoms with E-state index in [4.69, 9.17) is 4.74 Å². The normalized spacial score (nSPS) is 29.4. The third kappa shape index (κ3) is 1.33. The van der Waals surface area contributed by atoms with E-state index < -0.39 is 0 Å². The second-order valence-corrected chi connectivity index (χ2v) is 2.97. The molecular weight excluding hydrogens is 203 g/mol. The standard InChI is InChI=1S/C5H7IO/c1-4-2-3-5(6)7-4/h2,5H,3H2,1H3/t5-/m1/s1. The minimum absolute atomic E-state index is 0.401. The SMILES string of the molecule is CC1=CC[C@H](I)O1. The Balaban J connectivity index is 2.42. The van der Waals surface area contributed by atoms with Crippen LogP contribution in [-0.2, 0) is 4.74 Å². The Labute approximate surface area is 56.9 Å². The highest BCUT2D eigenvalue weighted by Crippen LogP contribution is 2.20. The molecule has 2 heteroatoms. The summed E-state index contributed by atoms with van der Waals surface area (Å²) in [5, 5.41) is 0. The van der Waals surface area contributed by atoms with E-state index in [2.05, 4.69) is 28.7 Å². The molecule has 0 amide bonds. The first-order chi connectivity index (χ1) is 3.29. The predicted octanol–water partition coefficient (Wildman–Crippen LogP) is 2.07. The van der Waals surface area contributed by atoms with Crippen LogP contribution in [0.2, 0.25) is 0 Å². The highest BCUT2D eigenvalue weighted by Gasteiger charge is 2.08. The van der Waals surface area contributed by atoms with Crippen LogP contribution in [0.15, 0.2) is 11.8 Å². The highest BCUT2D eigenvalue weighted by atomic mass is 127. The number of halogens is 1. The third-order valence-electron chi connectivity index (χ3n) is 0.904.